The van der Waals surface area contributed by atoms with E-state index >= 15 is 0 Å². The van der Waals surface area contributed by atoms with Crippen LogP contribution in [0.15, 0.2) is 42.5 Å². The van der Waals surface area contributed by atoms with Crippen LogP contribution >= 0.6 is 11.6 Å². The molecule has 5 heteroatoms. The fourth-order valence-electron chi connectivity index (χ4n) is 2.61. The zero-order chi connectivity index (χ0) is 15.0. The van der Waals surface area contributed by atoms with Gasteiger partial charge in [-0.2, -0.15) is 13.2 Å². The van der Waals surface area contributed by atoms with Crippen molar-refractivity contribution in [3.63, 3.8) is 0 Å². The van der Waals surface area contributed by atoms with Crippen LogP contribution in [0.3, 0.4) is 0 Å². The van der Waals surface area contributed by atoms with Crippen LogP contribution in [0.4, 0.5) is 18.9 Å². The first-order valence-corrected chi connectivity index (χ1v) is 7.01. The van der Waals surface area contributed by atoms with Crippen LogP contribution in [-0.2, 0) is 12.6 Å². The molecule has 0 fully saturated rings. The lowest BCUT2D eigenvalue weighted by Gasteiger charge is -2.30. The Hall–Kier alpha value is -1.68. The number of halogens is 4. The highest BCUT2D eigenvalue weighted by atomic mass is 35.5. The van der Waals surface area contributed by atoms with E-state index in [-0.39, 0.29) is 5.02 Å². The van der Waals surface area contributed by atoms with Crippen molar-refractivity contribution in [2.45, 2.75) is 18.5 Å². The normalized spacial score (nSPS) is 17.0. The predicted octanol–water partition coefficient (Wildman–Crippen LogP) is 5.11. The van der Waals surface area contributed by atoms with Gasteiger partial charge in [0.25, 0.3) is 0 Å². The molecular formula is C16H13ClF3N. The standard InChI is InChI=1S/C16H13ClF3N/c17-14-8-12(16(18,19)20)5-6-15(14)21-9-11-7-10-3-1-2-4-13(10)11/h1-6,8,11,21H,7,9H2. The summed E-state index contributed by atoms with van der Waals surface area (Å²) < 4.78 is 37.7. The minimum Gasteiger partial charge on any atom is -0.383 e. The molecule has 2 aromatic rings. The first-order valence-electron chi connectivity index (χ1n) is 6.63. The first kappa shape index (κ1) is 14.3. The maximum Gasteiger partial charge on any atom is 0.416 e. The monoisotopic (exact) mass is 311 g/mol. The van der Waals surface area contributed by atoms with Crippen molar-refractivity contribution >= 4 is 17.3 Å². The van der Waals surface area contributed by atoms with Crippen LogP contribution in [0, 0.1) is 0 Å². The van der Waals surface area contributed by atoms with E-state index in [1.807, 2.05) is 12.1 Å². The van der Waals surface area contributed by atoms with Crippen molar-refractivity contribution in [2.24, 2.45) is 0 Å². The van der Waals surface area contributed by atoms with Crippen molar-refractivity contribution in [1.29, 1.82) is 0 Å². The van der Waals surface area contributed by atoms with E-state index in [2.05, 4.69) is 17.4 Å². The van der Waals surface area contributed by atoms with Gasteiger partial charge in [0.05, 0.1) is 16.3 Å². The number of hydrogen-bond acceptors (Lipinski definition) is 1. The summed E-state index contributed by atoms with van der Waals surface area (Å²) in [5.41, 5.74) is 2.44. The second kappa shape index (κ2) is 5.26. The van der Waals surface area contributed by atoms with E-state index < -0.39 is 11.7 Å². The second-order valence-electron chi connectivity index (χ2n) is 5.17. The van der Waals surface area contributed by atoms with Gasteiger partial charge >= 0.3 is 6.18 Å². The van der Waals surface area contributed by atoms with Crippen molar-refractivity contribution in [3.8, 4) is 0 Å². The highest BCUT2D eigenvalue weighted by Gasteiger charge is 2.31. The molecule has 0 saturated heterocycles. The SMILES string of the molecule is FC(F)(F)c1ccc(NCC2Cc3ccccc32)c(Cl)c1. The molecule has 0 saturated carbocycles. The number of hydrogen-bond donors (Lipinski definition) is 1. The lowest BCUT2D eigenvalue weighted by Crippen LogP contribution is -2.24. The average molecular weight is 312 g/mol. The van der Waals surface area contributed by atoms with Crippen LogP contribution in [0.2, 0.25) is 5.02 Å². The fraction of sp³-hybridized carbons (Fsp3) is 0.250. The number of fused-ring (bicyclic) bond motifs is 1. The molecule has 2 aromatic carbocycles. The molecule has 1 aliphatic carbocycles. The molecule has 1 nitrogen and oxygen atoms in total. The Morgan fingerprint density at radius 1 is 1.14 bits per heavy atom. The van der Waals surface area contributed by atoms with Crippen molar-refractivity contribution in [3.05, 3.63) is 64.2 Å². The van der Waals surface area contributed by atoms with Gasteiger partial charge in [0.1, 0.15) is 0 Å². The summed E-state index contributed by atoms with van der Waals surface area (Å²) in [5, 5.41) is 3.23. The first-order chi connectivity index (χ1) is 9.95. The van der Waals surface area contributed by atoms with E-state index in [1.54, 1.807) is 0 Å². The zero-order valence-corrected chi connectivity index (χ0v) is 11.8. The second-order valence-corrected chi connectivity index (χ2v) is 5.58. The lowest BCUT2D eigenvalue weighted by molar-refractivity contribution is -0.137. The van der Waals surface area contributed by atoms with Crippen LogP contribution in [0.1, 0.15) is 22.6 Å². The molecule has 0 heterocycles. The van der Waals surface area contributed by atoms with Gasteiger partial charge in [0, 0.05) is 12.5 Å². The summed E-state index contributed by atoms with van der Waals surface area (Å²) in [4.78, 5) is 0. The summed E-state index contributed by atoms with van der Waals surface area (Å²) in [7, 11) is 0. The van der Waals surface area contributed by atoms with Gasteiger partial charge in [-0.15, -0.1) is 0 Å². The Kier molecular flexibility index (Phi) is 3.57. The Morgan fingerprint density at radius 2 is 1.90 bits per heavy atom. The van der Waals surface area contributed by atoms with E-state index in [0.717, 1.165) is 18.6 Å². The number of anilines is 1. The quantitative estimate of drug-likeness (QED) is 0.830. The minimum atomic E-state index is -4.37. The molecular weight excluding hydrogens is 299 g/mol. The largest absolute Gasteiger partial charge is 0.416 e. The third-order valence-electron chi connectivity index (χ3n) is 3.80. The van der Waals surface area contributed by atoms with Gasteiger partial charge in [-0.1, -0.05) is 35.9 Å². The maximum absolute atomic E-state index is 12.6. The molecule has 0 bridgehead atoms. The molecule has 1 aliphatic rings. The van der Waals surface area contributed by atoms with E-state index in [4.69, 9.17) is 11.6 Å². The van der Waals surface area contributed by atoms with Crippen LogP contribution < -0.4 is 5.32 Å². The Morgan fingerprint density at radius 3 is 2.57 bits per heavy atom. The Labute approximate surface area is 125 Å². The summed E-state index contributed by atoms with van der Waals surface area (Å²) in [5.74, 6) is 0.388. The van der Waals surface area contributed by atoms with Gasteiger partial charge in [0.15, 0.2) is 0 Å². The topological polar surface area (TPSA) is 12.0 Å². The highest BCUT2D eigenvalue weighted by molar-refractivity contribution is 6.33. The van der Waals surface area contributed by atoms with Crippen LogP contribution in [-0.4, -0.2) is 6.54 Å². The molecule has 0 amide bonds. The number of rotatable bonds is 3. The van der Waals surface area contributed by atoms with Gasteiger partial charge < -0.3 is 5.32 Å². The zero-order valence-electron chi connectivity index (χ0n) is 11.0. The molecule has 1 unspecified atom stereocenters. The van der Waals surface area contributed by atoms with E-state index in [1.165, 1.54) is 17.2 Å². The smallest absolute Gasteiger partial charge is 0.383 e. The Balaban J connectivity index is 1.67. The fourth-order valence-corrected chi connectivity index (χ4v) is 2.86. The molecule has 21 heavy (non-hydrogen) atoms. The maximum atomic E-state index is 12.6. The molecule has 0 spiro atoms. The molecule has 0 aromatic heterocycles. The summed E-state index contributed by atoms with van der Waals surface area (Å²) in [6.07, 6.45) is -3.38. The van der Waals surface area contributed by atoms with Crippen LogP contribution in [0.25, 0.3) is 0 Å². The molecule has 3 rings (SSSR count). The molecule has 0 radical (unpaired) electrons. The molecule has 0 aliphatic heterocycles. The van der Waals surface area contributed by atoms with Crippen molar-refractivity contribution in [2.75, 3.05) is 11.9 Å². The lowest BCUT2D eigenvalue weighted by atomic mass is 9.77. The minimum absolute atomic E-state index is 0.0948. The highest BCUT2D eigenvalue weighted by Crippen LogP contribution is 2.37. The predicted molar refractivity (Wildman–Crippen MR) is 77.8 cm³/mol. The van der Waals surface area contributed by atoms with Gasteiger partial charge in [-0.05, 0) is 35.7 Å². The third kappa shape index (κ3) is 2.86. The summed E-state index contributed by atoms with van der Waals surface area (Å²) in [6.45, 7) is 0.669. The molecule has 1 atom stereocenters. The van der Waals surface area contributed by atoms with Crippen molar-refractivity contribution in [1.82, 2.24) is 0 Å². The van der Waals surface area contributed by atoms with Gasteiger partial charge in [-0.25, -0.2) is 0 Å². The van der Waals surface area contributed by atoms with Crippen LogP contribution in [0.5, 0.6) is 0 Å². The Bertz CT molecular complexity index is 667. The summed E-state index contributed by atoms with van der Waals surface area (Å²) >= 11 is 5.92. The number of alkyl halides is 3. The van der Waals surface area contributed by atoms with Gasteiger partial charge in [0.2, 0.25) is 0 Å². The summed E-state index contributed by atoms with van der Waals surface area (Å²) in [6, 6.07) is 11.6. The van der Waals surface area contributed by atoms with Gasteiger partial charge in [-0.3, -0.25) is 0 Å². The molecule has 1 N–H and O–H groups in total. The van der Waals surface area contributed by atoms with E-state index in [9.17, 15) is 13.2 Å². The third-order valence-corrected chi connectivity index (χ3v) is 4.11. The average Bonchev–Trinajstić information content (AvgIpc) is 2.40. The molecule has 110 valence electrons. The number of benzene rings is 2. The number of nitrogens with one attached hydrogen (secondary N) is 1. The van der Waals surface area contributed by atoms with Crippen molar-refractivity contribution < 1.29 is 13.2 Å². The van der Waals surface area contributed by atoms with E-state index in [0.29, 0.717) is 18.2 Å².